The minimum atomic E-state index is -0.612. The van der Waals surface area contributed by atoms with Crippen LogP contribution in [0.25, 0.3) is 6.08 Å². The van der Waals surface area contributed by atoms with Crippen molar-refractivity contribution < 1.29 is 14.6 Å². The van der Waals surface area contributed by atoms with Gasteiger partial charge in [-0.1, -0.05) is 55.3 Å². The van der Waals surface area contributed by atoms with Crippen molar-refractivity contribution in [3.63, 3.8) is 0 Å². The molecule has 0 radical (unpaired) electrons. The van der Waals surface area contributed by atoms with Crippen LogP contribution in [0.3, 0.4) is 0 Å². The van der Waals surface area contributed by atoms with Gasteiger partial charge in [-0.25, -0.2) is 4.79 Å². The molecule has 0 heterocycles. The molecule has 0 fully saturated rings. The third-order valence-corrected chi connectivity index (χ3v) is 3.89. The van der Waals surface area contributed by atoms with E-state index in [1.54, 1.807) is 0 Å². The first kappa shape index (κ1) is 15.5. The molecule has 2 rings (SSSR count). The van der Waals surface area contributed by atoms with Crippen molar-refractivity contribution in [1.29, 1.82) is 0 Å². The van der Waals surface area contributed by atoms with Gasteiger partial charge in [0.25, 0.3) is 0 Å². The van der Waals surface area contributed by atoms with Crippen LogP contribution in [0.4, 0.5) is 0 Å². The maximum absolute atomic E-state index is 11.6. The normalized spacial score (nSPS) is 21.0. The summed E-state index contributed by atoms with van der Waals surface area (Å²) in [6.07, 6.45) is 7.74. The van der Waals surface area contributed by atoms with Crippen LogP contribution in [0.5, 0.6) is 0 Å². The fraction of sp³-hybridized carbons (Fsp3) is 0.389. The number of fused-ring (bicyclic) bond motifs is 1. The monoisotopic (exact) mass is 286 g/mol. The number of aliphatic hydroxyl groups is 1. The van der Waals surface area contributed by atoms with Gasteiger partial charge in [0.15, 0.2) is 0 Å². The summed E-state index contributed by atoms with van der Waals surface area (Å²) in [7, 11) is 1.37. The Morgan fingerprint density at radius 1 is 1.38 bits per heavy atom. The van der Waals surface area contributed by atoms with Gasteiger partial charge in [0.2, 0.25) is 0 Å². The summed E-state index contributed by atoms with van der Waals surface area (Å²) in [5.41, 5.74) is 2.88. The molecule has 0 amide bonds. The Hall–Kier alpha value is -1.87. The van der Waals surface area contributed by atoms with E-state index in [1.165, 1.54) is 13.2 Å². The molecule has 21 heavy (non-hydrogen) atoms. The molecule has 0 aliphatic heterocycles. The molecule has 1 aromatic carbocycles. The van der Waals surface area contributed by atoms with Gasteiger partial charge in [-0.05, 0) is 24.0 Å². The van der Waals surface area contributed by atoms with E-state index in [2.05, 4.69) is 6.92 Å². The maximum Gasteiger partial charge on any atom is 0.330 e. The van der Waals surface area contributed by atoms with Gasteiger partial charge in [0, 0.05) is 12.0 Å². The molecule has 1 aliphatic carbocycles. The fourth-order valence-electron chi connectivity index (χ4n) is 2.69. The van der Waals surface area contributed by atoms with Crippen LogP contribution in [0, 0.1) is 5.92 Å². The molecular weight excluding hydrogens is 264 g/mol. The molecule has 0 saturated carbocycles. The van der Waals surface area contributed by atoms with E-state index in [0.717, 1.165) is 36.0 Å². The molecule has 0 unspecified atom stereocenters. The van der Waals surface area contributed by atoms with Crippen LogP contribution in [0.1, 0.15) is 43.4 Å². The van der Waals surface area contributed by atoms with Crippen LogP contribution in [-0.4, -0.2) is 18.2 Å². The van der Waals surface area contributed by atoms with Crippen molar-refractivity contribution in [2.45, 2.75) is 32.3 Å². The highest BCUT2D eigenvalue weighted by atomic mass is 16.5. The first-order valence-corrected chi connectivity index (χ1v) is 7.41. The number of carbonyl (C=O) groups excluding carboxylic acids is 1. The molecule has 3 nitrogen and oxygen atoms in total. The third kappa shape index (κ3) is 3.61. The first-order valence-electron chi connectivity index (χ1n) is 7.41. The van der Waals surface area contributed by atoms with Crippen molar-refractivity contribution in [3.05, 3.63) is 53.1 Å². The zero-order valence-electron chi connectivity index (χ0n) is 12.6. The Morgan fingerprint density at radius 2 is 2.14 bits per heavy atom. The SMILES string of the molecule is CCCC/C(=C\C(=O)OC)[C@@H]1C=Cc2ccccc2[C@@H]1O. The summed E-state index contributed by atoms with van der Waals surface area (Å²) in [6, 6.07) is 7.81. The molecule has 0 spiro atoms. The van der Waals surface area contributed by atoms with Crippen molar-refractivity contribution in [1.82, 2.24) is 0 Å². The smallest absolute Gasteiger partial charge is 0.330 e. The fourth-order valence-corrected chi connectivity index (χ4v) is 2.69. The summed E-state index contributed by atoms with van der Waals surface area (Å²) in [5, 5.41) is 10.6. The molecule has 0 aromatic heterocycles. The number of ether oxygens (including phenoxy) is 1. The number of carbonyl (C=O) groups is 1. The predicted molar refractivity (Wildman–Crippen MR) is 83.5 cm³/mol. The highest BCUT2D eigenvalue weighted by molar-refractivity contribution is 5.83. The van der Waals surface area contributed by atoms with Crippen LogP contribution in [0.15, 0.2) is 42.0 Å². The third-order valence-electron chi connectivity index (χ3n) is 3.89. The number of hydrogen-bond donors (Lipinski definition) is 1. The van der Waals surface area contributed by atoms with Gasteiger partial charge in [-0.2, -0.15) is 0 Å². The Morgan fingerprint density at radius 3 is 2.86 bits per heavy atom. The van der Waals surface area contributed by atoms with Crippen LogP contribution in [-0.2, 0) is 9.53 Å². The lowest BCUT2D eigenvalue weighted by Crippen LogP contribution is -2.18. The number of rotatable bonds is 5. The van der Waals surface area contributed by atoms with Crippen molar-refractivity contribution in [2.75, 3.05) is 7.11 Å². The number of aliphatic hydroxyl groups excluding tert-OH is 1. The second-order valence-corrected chi connectivity index (χ2v) is 5.30. The Labute approximate surface area is 125 Å². The summed E-state index contributed by atoms with van der Waals surface area (Å²) in [5.74, 6) is -0.522. The number of esters is 1. The van der Waals surface area contributed by atoms with Gasteiger partial charge in [0.05, 0.1) is 13.2 Å². The average molecular weight is 286 g/mol. The van der Waals surface area contributed by atoms with E-state index in [-0.39, 0.29) is 11.9 Å². The van der Waals surface area contributed by atoms with Crippen LogP contribution in [0.2, 0.25) is 0 Å². The topological polar surface area (TPSA) is 46.5 Å². The molecule has 0 bridgehead atoms. The van der Waals surface area contributed by atoms with Crippen LogP contribution >= 0.6 is 0 Å². The molecule has 1 aliphatic rings. The quantitative estimate of drug-likeness (QED) is 0.664. The molecule has 2 atom stereocenters. The first-order chi connectivity index (χ1) is 10.2. The highest BCUT2D eigenvalue weighted by Gasteiger charge is 2.27. The van der Waals surface area contributed by atoms with E-state index >= 15 is 0 Å². The summed E-state index contributed by atoms with van der Waals surface area (Å²) in [6.45, 7) is 2.11. The second-order valence-electron chi connectivity index (χ2n) is 5.30. The van der Waals surface area contributed by atoms with Gasteiger partial charge < -0.3 is 9.84 Å². The average Bonchev–Trinajstić information content (AvgIpc) is 2.52. The van der Waals surface area contributed by atoms with Crippen LogP contribution < -0.4 is 0 Å². The standard InChI is InChI=1S/C18H22O3/c1-3-4-7-14(12-17(19)21-2)16-11-10-13-8-5-6-9-15(13)18(16)20/h5-6,8-12,16,18,20H,3-4,7H2,1-2H3/b14-12+/t16-,18-/m0/s1. The second kappa shape index (κ2) is 7.23. The summed E-state index contributed by atoms with van der Waals surface area (Å²) < 4.78 is 4.74. The van der Waals surface area contributed by atoms with E-state index in [9.17, 15) is 9.90 Å². The number of unbranched alkanes of at least 4 members (excludes halogenated alkanes) is 1. The lowest BCUT2D eigenvalue weighted by molar-refractivity contribution is -0.134. The Balaban J connectivity index is 2.29. The van der Waals surface area contributed by atoms with Gasteiger partial charge in [-0.15, -0.1) is 0 Å². The van der Waals surface area contributed by atoms with E-state index in [1.807, 2.05) is 36.4 Å². The lowest BCUT2D eigenvalue weighted by atomic mass is 9.80. The number of benzene rings is 1. The minimum absolute atomic E-state index is 0.162. The van der Waals surface area contributed by atoms with E-state index in [0.29, 0.717) is 0 Å². The maximum atomic E-state index is 11.6. The van der Waals surface area contributed by atoms with E-state index in [4.69, 9.17) is 4.74 Å². The van der Waals surface area contributed by atoms with Crippen molar-refractivity contribution in [2.24, 2.45) is 5.92 Å². The largest absolute Gasteiger partial charge is 0.466 e. The van der Waals surface area contributed by atoms with Gasteiger partial charge >= 0.3 is 5.97 Å². The van der Waals surface area contributed by atoms with Crippen molar-refractivity contribution >= 4 is 12.0 Å². The van der Waals surface area contributed by atoms with Crippen molar-refractivity contribution in [3.8, 4) is 0 Å². The Bertz CT molecular complexity index is 557. The predicted octanol–water partition coefficient (Wildman–Crippen LogP) is 3.65. The summed E-state index contributed by atoms with van der Waals surface area (Å²) in [4.78, 5) is 11.6. The van der Waals surface area contributed by atoms with Gasteiger partial charge in [0.1, 0.15) is 0 Å². The number of methoxy groups -OCH3 is 1. The van der Waals surface area contributed by atoms with E-state index < -0.39 is 6.10 Å². The molecule has 1 N–H and O–H groups in total. The highest BCUT2D eigenvalue weighted by Crippen LogP contribution is 2.37. The zero-order chi connectivity index (χ0) is 15.2. The molecule has 0 saturated heterocycles. The zero-order valence-corrected chi connectivity index (χ0v) is 12.6. The molecular formula is C18H22O3. The minimum Gasteiger partial charge on any atom is -0.466 e. The molecule has 1 aromatic rings. The summed E-state index contributed by atoms with van der Waals surface area (Å²) >= 11 is 0. The molecule has 3 heteroatoms. The van der Waals surface area contributed by atoms with Gasteiger partial charge in [-0.3, -0.25) is 0 Å². The number of hydrogen-bond acceptors (Lipinski definition) is 3. The lowest BCUT2D eigenvalue weighted by Gasteiger charge is -2.28. The Kier molecular flexibility index (Phi) is 5.34. The molecule has 112 valence electrons.